The van der Waals surface area contributed by atoms with Crippen LogP contribution in [0.15, 0.2) is 24.4 Å². The molecule has 0 aliphatic heterocycles. The van der Waals surface area contributed by atoms with Crippen molar-refractivity contribution in [1.82, 2.24) is 9.88 Å². The Bertz CT molecular complexity index is 620. The van der Waals surface area contributed by atoms with E-state index in [2.05, 4.69) is 19.2 Å². The first-order valence-electron chi connectivity index (χ1n) is 6.66. The summed E-state index contributed by atoms with van der Waals surface area (Å²) in [5, 5.41) is 13.8. The lowest BCUT2D eigenvalue weighted by atomic mass is 10.2. The van der Waals surface area contributed by atoms with E-state index < -0.39 is 0 Å². The zero-order valence-electron chi connectivity index (χ0n) is 11.7. The number of aliphatic hydroxyl groups is 1. The van der Waals surface area contributed by atoms with Crippen molar-refractivity contribution < 1.29 is 9.90 Å². The van der Waals surface area contributed by atoms with E-state index >= 15 is 0 Å². The van der Waals surface area contributed by atoms with Gasteiger partial charge in [-0.1, -0.05) is 31.5 Å². The highest BCUT2D eigenvalue weighted by molar-refractivity contribution is 6.31. The van der Waals surface area contributed by atoms with Crippen LogP contribution in [0.25, 0.3) is 10.9 Å². The highest BCUT2D eigenvalue weighted by Crippen LogP contribution is 2.24. The molecule has 2 aromatic rings. The van der Waals surface area contributed by atoms with Gasteiger partial charge in [-0.05, 0) is 18.1 Å². The van der Waals surface area contributed by atoms with Gasteiger partial charge in [0.1, 0.15) is 6.54 Å². The van der Waals surface area contributed by atoms with Gasteiger partial charge in [-0.15, -0.1) is 0 Å². The Labute approximate surface area is 123 Å². The molecule has 0 aliphatic rings. The Hall–Kier alpha value is -1.52. The van der Waals surface area contributed by atoms with E-state index in [0.29, 0.717) is 17.5 Å². The van der Waals surface area contributed by atoms with Gasteiger partial charge in [-0.3, -0.25) is 4.79 Å². The Morgan fingerprint density at radius 1 is 1.45 bits per heavy atom. The lowest BCUT2D eigenvalue weighted by molar-refractivity contribution is -0.121. The lowest BCUT2D eigenvalue weighted by Crippen LogP contribution is -2.30. The zero-order chi connectivity index (χ0) is 14.7. The minimum Gasteiger partial charge on any atom is -0.392 e. The van der Waals surface area contributed by atoms with Gasteiger partial charge in [0.25, 0.3) is 0 Å². The molecule has 0 radical (unpaired) electrons. The van der Waals surface area contributed by atoms with Crippen LogP contribution in [-0.2, 0) is 17.9 Å². The summed E-state index contributed by atoms with van der Waals surface area (Å²) in [5.41, 5.74) is 1.66. The number of aliphatic hydroxyl groups excluding tert-OH is 1. The van der Waals surface area contributed by atoms with E-state index in [9.17, 15) is 9.90 Å². The number of nitrogens with zero attached hydrogens (tertiary/aromatic N) is 1. The van der Waals surface area contributed by atoms with Crippen molar-refractivity contribution in [1.29, 1.82) is 0 Å². The van der Waals surface area contributed by atoms with E-state index in [4.69, 9.17) is 11.6 Å². The van der Waals surface area contributed by atoms with E-state index in [1.807, 2.05) is 16.7 Å². The average molecular weight is 295 g/mol. The Balaban J connectivity index is 2.25. The smallest absolute Gasteiger partial charge is 0.239 e. The molecule has 1 heterocycles. The summed E-state index contributed by atoms with van der Waals surface area (Å²) in [4.78, 5) is 11.9. The van der Waals surface area contributed by atoms with Crippen molar-refractivity contribution in [3.05, 3.63) is 35.0 Å². The molecule has 4 nitrogen and oxygen atoms in total. The van der Waals surface area contributed by atoms with E-state index in [1.165, 1.54) is 0 Å². The maximum absolute atomic E-state index is 11.9. The van der Waals surface area contributed by atoms with Gasteiger partial charge in [0, 0.05) is 28.7 Å². The number of carbonyl (C=O) groups is 1. The number of fused-ring (bicyclic) bond motifs is 1. The maximum Gasteiger partial charge on any atom is 0.239 e. The minimum absolute atomic E-state index is 0.0416. The molecule has 2 N–H and O–H groups in total. The molecule has 0 unspecified atom stereocenters. The van der Waals surface area contributed by atoms with Gasteiger partial charge in [0.2, 0.25) is 5.91 Å². The first kappa shape index (κ1) is 14.9. The molecular weight excluding hydrogens is 276 g/mol. The second-order valence-corrected chi connectivity index (χ2v) is 5.74. The third kappa shape index (κ3) is 3.32. The van der Waals surface area contributed by atoms with E-state index in [1.54, 1.807) is 12.3 Å². The predicted molar refractivity (Wildman–Crippen MR) is 80.7 cm³/mol. The molecule has 0 aliphatic carbocycles. The molecule has 0 fully saturated rings. The van der Waals surface area contributed by atoms with Crippen molar-refractivity contribution in [2.45, 2.75) is 27.0 Å². The fraction of sp³-hybridized carbons (Fsp3) is 0.400. The number of halogens is 1. The zero-order valence-corrected chi connectivity index (χ0v) is 12.4. The van der Waals surface area contributed by atoms with Gasteiger partial charge >= 0.3 is 0 Å². The molecule has 5 heteroatoms. The second-order valence-electron chi connectivity index (χ2n) is 5.30. The van der Waals surface area contributed by atoms with Crippen molar-refractivity contribution in [2.75, 3.05) is 6.54 Å². The van der Waals surface area contributed by atoms with Gasteiger partial charge in [-0.25, -0.2) is 0 Å². The molecule has 0 spiro atoms. The largest absolute Gasteiger partial charge is 0.392 e. The normalized spacial score (nSPS) is 11.2. The number of nitrogens with one attached hydrogen (secondary N) is 1. The molecule has 108 valence electrons. The number of rotatable bonds is 5. The van der Waals surface area contributed by atoms with E-state index in [-0.39, 0.29) is 19.1 Å². The van der Waals surface area contributed by atoms with Crippen molar-refractivity contribution in [2.24, 2.45) is 5.92 Å². The molecule has 1 aromatic heterocycles. The number of hydrogen-bond acceptors (Lipinski definition) is 2. The monoisotopic (exact) mass is 294 g/mol. The van der Waals surface area contributed by atoms with Crippen LogP contribution < -0.4 is 5.32 Å². The van der Waals surface area contributed by atoms with Crippen LogP contribution in [-0.4, -0.2) is 22.1 Å². The third-order valence-electron chi connectivity index (χ3n) is 3.12. The maximum atomic E-state index is 11.9. The van der Waals surface area contributed by atoms with Crippen LogP contribution in [0.3, 0.4) is 0 Å². The molecular formula is C15H19ClN2O2. The molecule has 1 aromatic carbocycles. The first-order chi connectivity index (χ1) is 9.51. The highest BCUT2D eigenvalue weighted by atomic mass is 35.5. The Kier molecular flexibility index (Phi) is 4.68. The van der Waals surface area contributed by atoms with E-state index in [0.717, 1.165) is 16.5 Å². The Morgan fingerprint density at radius 2 is 2.20 bits per heavy atom. The molecule has 0 atom stereocenters. The topological polar surface area (TPSA) is 54.3 Å². The van der Waals surface area contributed by atoms with Crippen LogP contribution in [0.1, 0.15) is 19.4 Å². The van der Waals surface area contributed by atoms with Gasteiger partial charge in [-0.2, -0.15) is 0 Å². The molecule has 0 bridgehead atoms. The van der Waals surface area contributed by atoms with Crippen LogP contribution in [0.5, 0.6) is 0 Å². The quantitative estimate of drug-likeness (QED) is 0.890. The minimum atomic E-state index is -0.0568. The summed E-state index contributed by atoms with van der Waals surface area (Å²) >= 11 is 6.01. The molecule has 20 heavy (non-hydrogen) atoms. The molecule has 1 amide bonds. The average Bonchev–Trinajstić information content (AvgIpc) is 2.74. The van der Waals surface area contributed by atoms with Gasteiger partial charge < -0.3 is 15.0 Å². The number of carbonyl (C=O) groups excluding carboxylic acids is 1. The van der Waals surface area contributed by atoms with Crippen molar-refractivity contribution >= 4 is 28.4 Å². The van der Waals surface area contributed by atoms with Crippen LogP contribution in [0.4, 0.5) is 0 Å². The third-order valence-corrected chi connectivity index (χ3v) is 3.35. The van der Waals surface area contributed by atoms with Crippen LogP contribution in [0.2, 0.25) is 5.02 Å². The second kappa shape index (κ2) is 6.29. The summed E-state index contributed by atoms with van der Waals surface area (Å²) in [7, 11) is 0. The Morgan fingerprint density at radius 3 is 2.85 bits per heavy atom. The number of amides is 1. The first-order valence-corrected chi connectivity index (χ1v) is 7.04. The predicted octanol–water partition coefficient (Wildman–Crippen LogP) is 2.56. The standard InChI is InChI=1S/C15H19ClN2O2/c1-10(2)6-17-15(20)8-18-7-11(9-19)13-4-3-12(16)5-14(13)18/h3-5,7,10,19H,6,8-9H2,1-2H3,(H,17,20). The number of aromatic nitrogens is 1. The highest BCUT2D eigenvalue weighted by Gasteiger charge is 2.11. The lowest BCUT2D eigenvalue weighted by Gasteiger charge is -2.09. The van der Waals surface area contributed by atoms with Crippen molar-refractivity contribution in [3.63, 3.8) is 0 Å². The van der Waals surface area contributed by atoms with Crippen LogP contribution >= 0.6 is 11.6 Å². The molecule has 0 saturated carbocycles. The number of hydrogen-bond donors (Lipinski definition) is 2. The summed E-state index contributed by atoms with van der Waals surface area (Å²) < 4.78 is 1.82. The SMILES string of the molecule is CC(C)CNC(=O)Cn1cc(CO)c2ccc(Cl)cc21. The summed E-state index contributed by atoms with van der Waals surface area (Å²) in [6.07, 6.45) is 1.80. The summed E-state index contributed by atoms with van der Waals surface area (Å²) in [6.45, 7) is 4.93. The summed E-state index contributed by atoms with van der Waals surface area (Å²) in [6, 6.07) is 5.46. The van der Waals surface area contributed by atoms with Crippen molar-refractivity contribution in [3.8, 4) is 0 Å². The van der Waals surface area contributed by atoms with Gasteiger partial charge in [0.15, 0.2) is 0 Å². The molecule has 2 rings (SSSR count). The fourth-order valence-electron chi connectivity index (χ4n) is 2.13. The fourth-order valence-corrected chi connectivity index (χ4v) is 2.29. The number of benzene rings is 1. The molecule has 0 saturated heterocycles. The van der Waals surface area contributed by atoms with Crippen LogP contribution in [0, 0.1) is 5.92 Å². The summed E-state index contributed by atoms with van der Waals surface area (Å²) in [5.74, 6) is 0.378. The van der Waals surface area contributed by atoms with Gasteiger partial charge in [0.05, 0.1) is 12.1 Å².